The average Bonchev–Trinajstić information content (AvgIpc) is 2.62. The molecule has 0 amide bonds. The summed E-state index contributed by atoms with van der Waals surface area (Å²) < 4.78 is 6.24. The third-order valence-electron chi connectivity index (χ3n) is 4.59. The van der Waals surface area contributed by atoms with Crippen molar-refractivity contribution in [1.29, 1.82) is 0 Å². The number of carbonyl (C=O) groups excluding carboxylic acids is 2. The number of benzene rings is 2. The molecule has 0 saturated carbocycles. The Labute approximate surface area is 148 Å². The molecule has 0 atom stereocenters. The summed E-state index contributed by atoms with van der Waals surface area (Å²) in [5.41, 5.74) is 3.00. The highest BCUT2D eigenvalue weighted by Crippen LogP contribution is 2.32. The predicted molar refractivity (Wildman–Crippen MR) is 93.5 cm³/mol. The number of nitrogens with zero attached hydrogens (tertiary/aromatic N) is 1. The molecule has 1 saturated heterocycles. The van der Waals surface area contributed by atoms with Gasteiger partial charge in [-0.25, -0.2) is 0 Å². The van der Waals surface area contributed by atoms with Crippen molar-refractivity contribution in [3.8, 4) is 0 Å². The molecule has 1 aliphatic carbocycles. The van der Waals surface area contributed by atoms with E-state index < -0.39 is 0 Å². The summed E-state index contributed by atoms with van der Waals surface area (Å²) in [5, 5.41) is 0. The van der Waals surface area contributed by atoms with E-state index in [4.69, 9.17) is 4.74 Å². The molecule has 5 heteroatoms. The molecule has 0 spiro atoms. The highest BCUT2D eigenvalue weighted by atomic mass is 79.9. The second kappa shape index (κ2) is 6.24. The molecule has 122 valence electrons. The van der Waals surface area contributed by atoms with Crippen LogP contribution in [0.5, 0.6) is 0 Å². The van der Waals surface area contributed by atoms with Crippen molar-refractivity contribution in [3.05, 3.63) is 68.7 Å². The highest BCUT2D eigenvalue weighted by molar-refractivity contribution is 9.10. The van der Waals surface area contributed by atoms with E-state index in [9.17, 15) is 9.59 Å². The lowest BCUT2D eigenvalue weighted by Crippen LogP contribution is -2.35. The summed E-state index contributed by atoms with van der Waals surface area (Å²) in [5.74, 6) is -0.158. The van der Waals surface area contributed by atoms with Gasteiger partial charge >= 0.3 is 0 Å². The van der Waals surface area contributed by atoms with Gasteiger partial charge in [0.25, 0.3) is 0 Å². The normalized spacial score (nSPS) is 17.5. The van der Waals surface area contributed by atoms with Crippen molar-refractivity contribution >= 4 is 27.5 Å². The number of rotatable bonds is 2. The molecule has 0 bridgehead atoms. The molecule has 1 aliphatic heterocycles. The SMILES string of the molecule is O=C1c2ccccc2C(=O)c2cc(CN3CCOCC3)c(Br)cc21. The number of fused-ring (bicyclic) bond motifs is 2. The van der Waals surface area contributed by atoms with Crippen LogP contribution in [0.15, 0.2) is 40.9 Å². The Morgan fingerprint density at radius 3 is 2.12 bits per heavy atom. The monoisotopic (exact) mass is 385 g/mol. The quantitative estimate of drug-likeness (QED) is 0.679. The van der Waals surface area contributed by atoms with E-state index in [0.29, 0.717) is 22.3 Å². The minimum atomic E-state index is -0.0844. The molecule has 4 nitrogen and oxygen atoms in total. The van der Waals surface area contributed by atoms with Crippen molar-refractivity contribution in [2.24, 2.45) is 0 Å². The third-order valence-corrected chi connectivity index (χ3v) is 5.33. The third kappa shape index (κ3) is 2.62. The van der Waals surface area contributed by atoms with Crippen LogP contribution in [-0.4, -0.2) is 42.8 Å². The van der Waals surface area contributed by atoms with Gasteiger partial charge in [0.2, 0.25) is 0 Å². The summed E-state index contributed by atoms with van der Waals surface area (Å²) in [7, 11) is 0. The maximum Gasteiger partial charge on any atom is 0.194 e. The van der Waals surface area contributed by atoms with Crippen LogP contribution in [0.2, 0.25) is 0 Å². The molecule has 0 radical (unpaired) electrons. The predicted octanol–water partition coefficient (Wildman–Crippen LogP) is 3.06. The Morgan fingerprint density at radius 1 is 0.917 bits per heavy atom. The lowest BCUT2D eigenvalue weighted by atomic mass is 9.83. The van der Waals surface area contributed by atoms with Crippen LogP contribution in [0.4, 0.5) is 0 Å². The number of hydrogen-bond donors (Lipinski definition) is 0. The van der Waals surface area contributed by atoms with Gasteiger partial charge in [0.1, 0.15) is 0 Å². The Bertz CT molecular complexity index is 841. The molecule has 2 aliphatic rings. The first-order chi connectivity index (χ1) is 11.6. The molecule has 4 rings (SSSR count). The van der Waals surface area contributed by atoms with Crippen LogP contribution in [0, 0.1) is 0 Å². The summed E-state index contributed by atoms with van der Waals surface area (Å²) in [6.07, 6.45) is 0. The lowest BCUT2D eigenvalue weighted by Gasteiger charge is -2.27. The van der Waals surface area contributed by atoms with Gasteiger partial charge in [-0.2, -0.15) is 0 Å². The number of hydrogen-bond acceptors (Lipinski definition) is 4. The van der Waals surface area contributed by atoms with Crippen molar-refractivity contribution in [2.45, 2.75) is 6.54 Å². The number of morpholine rings is 1. The van der Waals surface area contributed by atoms with E-state index in [1.165, 1.54) is 0 Å². The second-order valence-electron chi connectivity index (χ2n) is 6.08. The molecule has 2 aromatic carbocycles. The zero-order valence-corrected chi connectivity index (χ0v) is 14.6. The Kier molecular flexibility index (Phi) is 4.08. The largest absolute Gasteiger partial charge is 0.379 e. The maximum absolute atomic E-state index is 12.8. The van der Waals surface area contributed by atoms with E-state index in [-0.39, 0.29) is 11.6 Å². The fraction of sp³-hybridized carbons (Fsp3) is 0.263. The molecule has 0 aromatic heterocycles. The fourth-order valence-corrected chi connectivity index (χ4v) is 3.75. The minimum Gasteiger partial charge on any atom is -0.379 e. The summed E-state index contributed by atoms with van der Waals surface area (Å²) in [6.45, 7) is 3.94. The van der Waals surface area contributed by atoms with E-state index in [2.05, 4.69) is 20.8 Å². The first-order valence-corrected chi connectivity index (χ1v) is 8.75. The van der Waals surface area contributed by atoms with E-state index in [1.807, 2.05) is 6.07 Å². The number of ketones is 2. The van der Waals surface area contributed by atoms with Crippen LogP contribution < -0.4 is 0 Å². The Balaban J connectivity index is 1.74. The van der Waals surface area contributed by atoms with Gasteiger partial charge in [-0.05, 0) is 17.7 Å². The van der Waals surface area contributed by atoms with Gasteiger partial charge in [0.05, 0.1) is 13.2 Å². The van der Waals surface area contributed by atoms with E-state index in [1.54, 1.807) is 30.3 Å². The zero-order valence-electron chi connectivity index (χ0n) is 13.0. The van der Waals surface area contributed by atoms with Crippen LogP contribution >= 0.6 is 15.9 Å². The first-order valence-electron chi connectivity index (χ1n) is 7.96. The van der Waals surface area contributed by atoms with Crippen molar-refractivity contribution in [2.75, 3.05) is 26.3 Å². The van der Waals surface area contributed by atoms with E-state index >= 15 is 0 Å². The summed E-state index contributed by atoms with van der Waals surface area (Å²) >= 11 is 3.57. The maximum atomic E-state index is 12.8. The minimum absolute atomic E-state index is 0.0732. The average molecular weight is 386 g/mol. The molecule has 1 fully saturated rings. The van der Waals surface area contributed by atoms with Crippen LogP contribution in [0.25, 0.3) is 0 Å². The van der Waals surface area contributed by atoms with Gasteiger partial charge in [-0.3, -0.25) is 14.5 Å². The molecule has 24 heavy (non-hydrogen) atoms. The smallest absolute Gasteiger partial charge is 0.194 e. The van der Waals surface area contributed by atoms with Gasteiger partial charge in [-0.15, -0.1) is 0 Å². The molecule has 0 unspecified atom stereocenters. The topological polar surface area (TPSA) is 46.6 Å². The van der Waals surface area contributed by atoms with Gasteiger partial charge < -0.3 is 4.74 Å². The number of halogens is 1. The molecule has 2 aromatic rings. The highest BCUT2D eigenvalue weighted by Gasteiger charge is 2.30. The second-order valence-corrected chi connectivity index (χ2v) is 6.94. The van der Waals surface area contributed by atoms with Crippen LogP contribution in [0.3, 0.4) is 0 Å². The molecule has 0 N–H and O–H groups in total. The molecular formula is C19H16BrNO3. The number of carbonyl (C=O) groups is 2. The Morgan fingerprint density at radius 2 is 1.50 bits per heavy atom. The van der Waals surface area contributed by atoms with Gasteiger partial charge in [-0.1, -0.05) is 40.2 Å². The van der Waals surface area contributed by atoms with Crippen LogP contribution in [-0.2, 0) is 11.3 Å². The molecular weight excluding hydrogens is 370 g/mol. The first kappa shape index (κ1) is 15.7. The summed E-state index contributed by atoms with van der Waals surface area (Å²) in [6, 6.07) is 10.7. The summed E-state index contributed by atoms with van der Waals surface area (Å²) in [4.78, 5) is 27.8. The lowest BCUT2D eigenvalue weighted by molar-refractivity contribution is 0.0341. The van der Waals surface area contributed by atoms with Crippen LogP contribution in [0.1, 0.15) is 37.4 Å². The van der Waals surface area contributed by atoms with Gasteiger partial charge in [0.15, 0.2) is 11.6 Å². The fourth-order valence-electron chi connectivity index (χ4n) is 3.28. The zero-order chi connectivity index (χ0) is 16.7. The van der Waals surface area contributed by atoms with E-state index in [0.717, 1.165) is 42.9 Å². The van der Waals surface area contributed by atoms with Gasteiger partial charge in [0, 0.05) is 46.4 Å². The number of ether oxygens (including phenoxy) is 1. The van der Waals surface area contributed by atoms with Crippen molar-refractivity contribution in [3.63, 3.8) is 0 Å². The molecule has 1 heterocycles. The van der Waals surface area contributed by atoms with Crippen molar-refractivity contribution in [1.82, 2.24) is 4.90 Å². The Hall–Kier alpha value is -1.82. The van der Waals surface area contributed by atoms with Crippen molar-refractivity contribution < 1.29 is 14.3 Å². The standard InChI is InChI=1S/C19H16BrNO3/c20-17-10-16-15(9-12(17)11-21-5-7-24-8-6-21)18(22)13-3-1-2-4-14(13)19(16)23/h1-4,9-10H,5-8,11H2.